The number of anilines is 1. The minimum Gasteiger partial charge on any atom is -0.378 e. The first-order valence-corrected chi connectivity index (χ1v) is 11.0. The van der Waals surface area contributed by atoms with Gasteiger partial charge in [-0.3, -0.25) is 4.79 Å². The molecule has 0 spiro atoms. The van der Waals surface area contributed by atoms with Gasteiger partial charge < -0.3 is 15.0 Å². The highest BCUT2D eigenvalue weighted by molar-refractivity contribution is 7.89. The van der Waals surface area contributed by atoms with E-state index in [9.17, 15) is 26.4 Å². The standard InChI is InChI=1S/C20H22F3N3O4S/c21-20(22,23)17-4-2-1-3-14(17)7-8-25-19(27)16-13-15(31(24,28)29)5-6-18(16)26-9-11-30-12-10-26/h1-6,13H,7-12H2,(H,25,27)(H2,24,28,29). The number of sulfonamides is 1. The zero-order valence-electron chi connectivity index (χ0n) is 16.5. The molecule has 2 aromatic rings. The normalized spacial score (nSPS) is 15.0. The fourth-order valence-corrected chi connectivity index (χ4v) is 3.91. The smallest absolute Gasteiger partial charge is 0.378 e. The summed E-state index contributed by atoms with van der Waals surface area (Å²) in [6.45, 7) is 1.86. The Morgan fingerprint density at radius 1 is 1.13 bits per heavy atom. The molecule has 0 unspecified atom stereocenters. The Labute approximate surface area is 178 Å². The molecule has 1 saturated heterocycles. The van der Waals surface area contributed by atoms with Crippen molar-refractivity contribution >= 4 is 21.6 Å². The van der Waals surface area contributed by atoms with Crippen LogP contribution in [0.4, 0.5) is 18.9 Å². The Morgan fingerprint density at radius 2 is 1.81 bits per heavy atom. The van der Waals surface area contributed by atoms with Crippen LogP contribution in [0.15, 0.2) is 47.4 Å². The van der Waals surface area contributed by atoms with Crippen molar-refractivity contribution in [3.8, 4) is 0 Å². The number of carbonyl (C=O) groups excluding carboxylic acids is 1. The summed E-state index contributed by atoms with van der Waals surface area (Å²) in [5, 5.41) is 7.77. The van der Waals surface area contributed by atoms with Crippen molar-refractivity contribution in [1.82, 2.24) is 5.32 Å². The zero-order valence-corrected chi connectivity index (χ0v) is 17.3. The third-order valence-electron chi connectivity index (χ3n) is 4.90. The zero-order chi connectivity index (χ0) is 22.6. The molecule has 1 amide bonds. The quantitative estimate of drug-likeness (QED) is 0.692. The van der Waals surface area contributed by atoms with E-state index < -0.39 is 27.7 Å². The maximum atomic E-state index is 13.1. The molecule has 0 atom stereocenters. The highest BCUT2D eigenvalue weighted by Crippen LogP contribution is 2.32. The molecule has 3 rings (SSSR count). The SMILES string of the molecule is NS(=O)(=O)c1ccc(N2CCOCC2)c(C(=O)NCCc2ccccc2C(F)(F)F)c1. The summed E-state index contributed by atoms with van der Waals surface area (Å²) in [6.07, 6.45) is -4.53. The molecule has 0 saturated carbocycles. The van der Waals surface area contributed by atoms with E-state index in [4.69, 9.17) is 9.88 Å². The van der Waals surface area contributed by atoms with Gasteiger partial charge in [-0.25, -0.2) is 13.6 Å². The first-order chi connectivity index (χ1) is 14.6. The number of nitrogens with zero attached hydrogens (tertiary/aromatic N) is 1. The van der Waals surface area contributed by atoms with Gasteiger partial charge in [0.25, 0.3) is 5.91 Å². The molecular weight excluding hydrogens is 435 g/mol. The highest BCUT2D eigenvalue weighted by atomic mass is 32.2. The lowest BCUT2D eigenvalue weighted by Gasteiger charge is -2.30. The summed E-state index contributed by atoms with van der Waals surface area (Å²) in [7, 11) is -4.04. The third-order valence-corrected chi connectivity index (χ3v) is 5.81. The van der Waals surface area contributed by atoms with Gasteiger partial charge >= 0.3 is 6.18 Å². The Hall–Kier alpha value is -2.63. The molecule has 0 aromatic heterocycles. The third kappa shape index (κ3) is 5.75. The molecule has 0 bridgehead atoms. The number of rotatable bonds is 6. The van der Waals surface area contributed by atoms with Gasteiger partial charge in [0.15, 0.2) is 0 Å². The molecule has 1 heterocycles. The van der Waals surface area contributed by atoms with E-state index in [1.165, 1.54) is 36.4 Å². The lowest BCUT2D eigenvalue weighted by Crippen LogP contribution is -2.38. The maximum absolute atomic E-state index is 13.1. The van der Waals surface area contributed by atoms with Gasteiger partial charge in [0, 0.05) is 25.3 Å². The van der Waals surface area contributed by atoms with Crippen LogP contribution < -0.4 is 15.4 Å². The van der Waals surface area contributed by atoms with Crippen molar-refractivity contribution in [3.05, 3.63) is 59.2 Å². The second kappa shape index (κ2) is 9.25. The first kappa shape index (κ1) is 23.0. The summed E-state index contributed by atoms with van der Waals surface area (Å²) >= 11 is 0. The van der Waals surface area contributed by atoms with Crippen molar-refractivity contribution in [2.24, 2.45) is 5.14 Å². The van der Waals surface area contributed by atoms with Gasteiger partial charge in [0.2, 0.25) is 10.0 Å². The minimum atomic E-state index is -4.49. The van der Waals surface area contributed by atoms with E-state index >= 15 is 0 Å². The average molecular weight is 457 g/mol. The number of morpholine rings is 1. The predicted molar refractivity (Wildman–Crippen MR) is 108 cm³/mol. The first-order valence-electron chi connectivity index (χ1n) is 9.50. The summed E-state index contributed by atoms with van der Waals surface area (Å²) in [5.74, 6) is -0.600. The summed E-state index contributed by atoms with van der Waals surface area (Å²) in [4.78, 5) is 14.5. The van der Waals surface area contributed by atoms with Crippen LogP contribution in [-0.4, -0.2) is 47.2 Å². The van der Waals surface area contributed by atoms with E-state index in [0.717, 1.165) is 6.07 Å². The summed E-state index contributed by atoms with van der Waals surface area (Å²) in [5.41, 5.74) is -0.113. The van der Waals surface area contributed by atoms with Crippen molar-refractivity contribution < 1.29 is 31.1 Å². The lowest BCUT2D eigenvalue weighted by molar-refractivity contribution is -0.138. The molecule has 2 aromatic carbocycles. The molecule has 31 heavy (non-hydrogen) atoms. The molecule has 0 radical (unpaired) electrons. The van der Waals surface area contributed by atoms with Crippen molar-refractivity contribution in [2.75, 3.05) is 37.7 Å². The number of hydrogen-bond donors (Lipinski definition) is 2. The number of amides is 1. The van der Waals surface area contributed by atoms with Gasteiger partial charge in [-0.1, -0.05) is 18.2 Å². The van der Waals surface area contributed by atoms with E-state index in [-0.39, 0.29) is 29.0 Å². The van der Waals surface area contributed by atoms with E-state index in [0.29, 0.717) is 32.0 Å². The Morgan fingerprint density at radius 3 is 2.45 bits per heavy atom. The maximum Gasteiger partial charge on any atom is 0.416 e. The van der Waals surface area contributed by atoms with Gasteiger partial charge in [0.1, 0.15) is 0 Å². The number of alkyl halides is 3. The fourth-order valence-electron chi connectivity index (χ4n) is 3.37. The molecule has 168 valence electrons. The Bertz CT molecular complexity index is 1050. The second-order valence-corrected chi connectivity index (χ2v) is 8.55. The van der Waals surface area contributed by atoms with E-state index in [2.05, 4.69) is 5.32 Å². The topological polar surface area (TPSA) is 102 Å². The molecule has 3 N–H and O–H groups in total. The van der Waals surface area contributed by atoms with Crippen molar-refractivity contribution in [1.29, 1.82) is 0 Å². The molecule has 11 heteroatoms. The number of primary sulfonamides is 1. The monoisotopic (exact) mass is 457 g/mol. The number of halogens is 3. The van der Waals surface area contributed by atoms with Crippen LogP contribution in [0.5, 0.6) is 0 Å². The van der Waals surface area contributed by atoms with Crippen LogP contribution >= 0.6 is 0 Å². The highest BCUT2D eigenvalue weighted by Gasteiger charge is 2.32. The van der Waals surface area contributed by atoms with Gasteiger partial charge in [-0.2, -0.15) is 13.2 Å². The van der Waals surface area contributed by atoms with Crippen LogP contribution in [0.25, 0.3) is 0 Å². The fraction of sp³-hybridized carbons (Fsp3) is 0.350. The summed E-state index contributed by atoms with van der Waals surface area (Å²) in [6, 6.07) is 9.14. The van der Waals surface area contributed by atoms with Gasteiger partial charge in [-0.05, 0) is 36.2 Å². The summed E-state index contributed by atoms with van der Waals surface area (Å²) < 4.78 is 68.2. The van der Waals surface area contributed by atoms with Gasteiger partial charge in [-0.15, -0.1) is 0 Å². The molecule has 7 nitrogen and oxygen atoms in total. The lowest BCUT2D eigenvalue weighted by atomic mass is 10.0. The van der Waals surface area contributed by atoms with Crippen LogP contribution in [-0.2, 0) is 27.4 Å². The number of carbonyl (C=O) groups is 1. The van der Waals surface area contributed by atoms with E-state index in [1.54, 1.807) is 0 Å². The molecule has 1 aliphatic rings. The number of hydrogen-bond acceptors (Lipinski definition) is 5. The minimum absolute atomic E-state index is 0.0385. The van der Waals surface area contributed by atoms with Gasteiger partial charge in [0.05, 0.1) is 29.2 Å². The Balaban J connectivity index is 1.80. The predicted octanol–water partition coefficient (Wildman–Crippen LogP) is 2.16. The van der Waals surface area contributed by atoms with Crippen LogP contribution in [0, 0.1) is 0 Å². The molecule has 0 aliphatic carbocycles. The number of ether oxygens (including phenoxy) is 1. The Kier molecular flexibility index (Phi) is 6.87. The van der Waals surface area contributed by atoms with Crippen molar-refractivity contribution in [2.45, 2.75) is 17.5 Å². The molecular formula is C20H22F3N3O4S. The average Bonchev–Trinajstić information content (AvgIpc) is 2.73. The van der Waals surface area contributed by atoms with Crippen LogP contribution in [0.2, 0.25) is 0 Å². The number of nitrogens with one attached hydrogen (secondary N) is 1. The number of nitrogens with two attached hydrogens (primary N) is 1. The van der Waals surface area contributed by atoms with Crippen LogP contribution in [0.3, 0.4) is 0 Å². The molecule has 1 fully saturated rings. The molecule has 1 aliphatic heterocycles. The largest absolute Gasteiger partial charge is 0.416 e. The van der Waals surface area contributed by atoms with Crippen molar-refractivity contribution in [3.63, 3.8) is 0 Å². The van der Waals surface area contributed by atoms with Crippen LogP contribution in [0.1, 0.15) is 21.5 Å². The second-order valence-electron chi connectivity index (χ2n) is 6.98. The van der Waals surface area contributed by atoms with E-state index in [1.807, 2.05) is 4.90 Å². The number of benzene rings is 2.